The molecular weight excluding hydrogens is 174 g/mol. The predicted molar refractivity (Wildman–Crippen MR) is 58.4 cm³/mol. The molecule has 0 aliphatic rings. The molecule has 0 spiro atoms. The third kappa shape index (κ3) is 3.30. The highest BCUT2D eigenvalue weighted by Crippen LogP contribution is 2.05. The SMILES string of the molecule is Cc1ccc(C(=O)C[N+](C)(C)C)cc1. The fraction of sp³-hybridized carbons (Fsp3) is 0.417. The standard InChI is InChI=1S/C12H18NO/c1-10-5-7-11(8-6-10)12(14)9-13(2,3)4/h5-8H,9H2,1-4H3/q+1. The molecular formula is C12H18NO+. The van der Waals surface area contributed by atoms with Crippen molar-refractivity contribution < 1.29 is 9.28 Å². The van der Waals surface area contributed by atoms with Crippen LogP contribution in [0, 0.1) is 6.92 Å². The molecule has 14 heavy (non-hydrogen) atoms. The number of hydrogen-bond acceptors (Lipinski definition) is 1. The zero-order valence-corrected chi connectivity index (χ0v) is 9.37. The number of carbonyl (C=O) groups is 1. The summed E-state index contributed by atoms with van der Waals surface area (Å²) >= 11 is 0. The summed E-state index contributed by atoms with van der Waals surface area (Å²) < 4.78 is 0.673. The molecule has 0 saturated carbocycles. The van der Waals surface area contributed by atoms with Gasteiger partial charge >= 0.3 is 0 Å². The van der Waals surface area contributed by atoms with Crippen LogP contribution in [0.4, 0.5) is 0 Å². The lowest BCUT2D eigenvalue weighted by atomic mass is 10.1. The third-order valence-corrected chi connectivity index (χ3v) is 1.99. The van der Waals surface area contributed by atoms with Crippen LogP contribution in [0.2, 0.25) is 0 Å². The Morgan fingerprint density at radius 2 is 1.64 bits per heavy atom. The molecule has 0 N–H and O–H groups in total. The van der Waals surface area contributed by atoms with Crippen molar-refractivity contribution in [2.24, 2.45) is 0 Å². The summed E-state index contributed by atoms with van der Waals surface area (Å²) in [4.78, 5) is 11.8. The van der Waals surface area contributed by atoms with Gasteiger partial charge in [-0.1, -0.05) is 29.8 Å². The Kier molecular flexibility index (Phi) is 3.06. The van der Waals surface area contributed by atoms with Crippen LogP contribution in [0.3, 0.4) is 0 Å². The zero-order valence-electron chi connectivity index (χ0n) is 9.37. The fourth-order valence-electron chi connectivity index (χ4n) is 1.26. The lowest BCUT2D eigenvalue weighted by Gasteiger charge is -2.22. The van der Waals surface area contributed by atoms with Gasteiger partial charge in [0.1, 0.15) is 6.54 Å². The van der Waals surface area contributed by atoms with E-state index in [9.17, 15) is 4.79 Å². The van der Waals surface area contributed by atoms with E-state index in [1.807, 2.05) is 52.3 Å². The molecule has 76 valence electrons. The van der Waals surface area contributed by atoms with E-state index < -0.39 is 0 Å². The number of likely N-dealkylation sites (N-methyl/N-ethyl adjacent to an activating group) is 1. The van der Waals surface area contributed by atoms with Crippen molar-refractivity contribution in [2.45, 2.75) is 6.92 Å². The third-order valence-electron chi connectivity index (χ3n) is 1.99. The van der Waals surface area contributed by atoms with Gasteiger partial charge in [0.25, 0.3) is 0 Å². The number of ketones is 1. The molecule has 0 radical (unpaired) electrons. The number of carbonyl (C=O) groups excluding carboxylic acids is 1. The number of benzene rings is 1. The van der Waals surface area contributed by atoms with Crippen LogP contribution in [0.1, 0.15) is 15.9 Å². The summed E-state index contributed by atoms with van der Waals surface area (Å²) in [7, 11) is 6.06. The maximum atomic E-state index is 11.8. The molecule has 0 saturated heterocycles. The predicted octanol–water partition coefficient (Wildman–Crippen LogP) is 1.88. The molecule has 1 aromatic carbocycles. The lowest BCUT2D eigenvalue weighted by molar-refractivity contribution is -0.861. The molecule has 0 amide bonds. The molecule has 0 aliphatic carbocycles. The molecule has 2 heteroatoms. The van der Waals surface area contributed by atoms with E-state index in [2.05, 4.69) is 0 Å². The van der Waals surface area contributed by atoms with Crippen LogP contribution in [0.15, 0.2) is 24.3 Å². The molecule has 0 atom stereocenters. The Morgan fingerprint density at radius 1 is 1.14 bits per heavy atom. The number of rotatable bonds is 3. The van der Waals surface area contributed by atoms with E-state index in [0.717, 1.165) is 5.56 Å². The maximum absolute atomic E-state index is 11.8. The van der Waals surface area contributed by atoms with Gasteiger partial charge in [0.05, 0.1) is 21.1 Å². The van der Waals surface area contributed by atoms with Gasteiger partial charge in [-0.05, 0) is 6.92 Å². The monoisotopic (exact) mass is 192 g/mol. The minimum Gasteiger partial charge on any atom is -0.324 e. The van der Waals surface area contributed by atoms with Gasteiger partial charge in [-0.15, -0.1) is 0 Å². The van der Waals surface area contributed by atoms with Gasteiger partial charge in [-0.3, -0.25) is 4.79 Å². The van der Waals surface area contributed by atoms with E-state index in [-0.39, 0.29) is 5.78 Å². The zero-order chi connectivity index (χ0) is 10.8. The summed E-state index contributed by atoms with van der Waals surface area (Å²) in [5.74, 6) is 0.206. The Morgan fingerprint density at radius 3 is 2.07 bits per heavy atom. The molecule has 0 aromatic heterocycles. The molecule has 0 fully saturated rings. The maximum Gasteiger partial charge on any atom is 0.216 e. The van der Waals surface area contributed by atoms with Crippen molar-refractivity contribution in [3.8, 4) is 0 Å². The lowest BCUT2D eigenvalue weighted by Crippen LogP contribution is -2.39. The smallest absolute Gasteiger partial charge is 0.216 e. The summed E-state index contributed by atoms with van der Waals surface area (Å²) in [6, 6.07) is 7.74. The van der Waals surface area contributed by atoms with E-state index >= 15 is 0 Å². The van der Waals surface area contributed by atoms with Crippen molar-refractivity contribution in [1.82, 2.24) is 0 Å². The summed E-state index contributed by atoms with van der Waals surface area (Å²) in [5, 5.41) is 0. The minimum absolute atomic E-state index is 0.206. The number of nitrogens with zero attached hydrogens (tertiary/aromatic N) is 1. The van der Waals surface area contributed by atoms with Crippen LogP contribution >= 0.6 is 0 Å². The van der Waals surface area contributed by atoms with Crippen LogP contribution < -0.4 is 0 Å². The van der Waals surface area contributed by atoms with Gasteiger partial charge in [0, 0.05) is 5.56 Å². The molecule has 2 nitrogen and oxygen atoms in total. The second-order valence-electron chi connectivity index (χ2n) is 4.74. The Hall–Kier alpha value is -1.15. The minimum atomic E-state index is 0.206. The Bertz CT molecular complexity index is 319. The molecule has 0 aliphatic heterocycles. The molecule has 0 unspecified atom stereocenters. The van der Waals surface area contributed by atoms with Gasteiger partial charge in [-0.2, -0.15) is 0 Å². The van der Waals surface area contributed by atoms with E-state index in [1.165, 1.54) is 5.56 Å². The summed E-state index contributed by atoms with van der Waals surface area (Å²) in [6.45, 7) is 2.57. The topological polar surface area (TPSA) is 17.1 Å². The van der Waals surface area contributed by atoms with Gasteiger partial charge < -0.3 is 4.48 Å². The second kappa shape index (κ2) is 3.93. The number of quaternary nitrogens is 1. The average Bonchev–Trinajstić information content (AvgIpc) is 2.02. The van der Waals surface area contributed by atoms with E-state index in [4.69, 9.17) is 0 Å². The fourth-order valence-corrected chi connectivity index (χ4v) is 1.26. The van der Waals surface area contributed by atoms with E-state index in [1.54, 1.807) is 0 Å². The van der Waals surface area contributed by atoms with Crippen molar-refractivity contribution in [3.05, 3.63) is 35.4 Å². The van der Waals surface area contributed by atoms with Gasteiger partial charge in [0.15, 0.2) is 0 Å². The van der Waals surface area contributed by atoms with Crippen molar-refractivity contribution in [3.63, 3.8) is 0 Å². The number of aryl methyl sites for hydroxylation is 1. The first-order valence-electron chi connectivity index (χ1n) is 4.79. The van der Waals surface area contributed by atoms with Crippen molar-refractivity contribution in [2.75, 3.05) is 27.7 Å². The Balaban J connectivity index is 2.76. The van der Waals surface area contributed by atoms with Crippen LogP contribution in [-0.4, -0.2) is 38.0 Å². The number of hydrogen-bond donors (Lipinski definition) is 0. The first-order chi connectivity index (χ1) is 6.38. The Labute approximate surface area is 85.8 Å². The van der Waals surface area contributed by atoms with Crippen LogP contribution in [-0.2, 0) is 0 Å². The number of Topliss-reactive ketones (excluding diaryl/α,β-unsaturated/α-hetero) is 1. The highest BCUT2D eigenvalue weighted by atomic mass is 16.1. The molecule has 0 bridgehead atoms. The largest absolute Gasteiger partial charge is 0.324 e. The van der Waals surface area contributed by atoms with Crippen LogP contribution in [0.25, 0.3) is 0 Å². The normalized spacial score (nSPS) is 11.4. The van der Waals surface area contributed by atoms with Gasteiger partial charge in [0.2, 0.25) is 5.78 Å². The quantitative estimate of drug-likeness (QED) is 0.528. The van der Waals surface area contributed by atoms with Crippen molar-refractivity contribution in [1.29, 1.82) is 0 Å². The average molecular weight is 192 g/mol. The van der Waals surface area contributed by atoms with Gasteiger partial charge in [-0.25, -0.2) is 0 Å². The molecule has 1 rings (SSSR count). The molecule has 0 heterocycles. The molecule has 1 aromatic rings. The van der Waals surface area contributed by atoms with Crippen LogP contribution in [0.5, 0.6) is 0 Å². The highest BCUT2D eigenvalue weighted by Gasteiger charge is 2.15. The second-order valence-corrected chi connectivity index (χ2v) is 4.74. The summed E-state index contributed by atoms with van der Waals surface area (Å²) in [5.41, 5.74) is 2.00. The first kappa shape index (κ1) is 10.9. The highest BCUT2D eigenvalue weighted by molar-refractivity contribution is 5.96. The first-order valence-corrected chi connectivity index (χ1v) is 4.79. The van der Waals surface area contributed by atoms with E-state index in [0.29, 0.717) is 11.0 Å². The van der Waals surface area contributed by atoms with Crippen molar-refractivity contribution >= 4 is 5.78 Å². The summed E-state index contributed by atoms with van der Waals surface area (Å²) in [6.07, 6.45) is 0.